The monoisotopic (exact) mass is 254 g/mol. The number of carboxylic acid groups (broad SMARTS) is 1. The highest BCUT2D eigenvalue weighted by molar-refractivity contribution is 5.89. The molecule has 0 aliphatic carbocycles. The van der Waals surface area contributed by atoms with Crippen LogP contribution in [0.5, 0.6) is 0 Å². The molecule has 1 atom stereocenters. The number of carbonyl (C=O) groups excluding carboxylic acids is 1. The minimum Gasteiger partial charge on any atom is -0.481 e. The van der Waals surface area contributed by atoms with Crippen molar-refractivity contribution >= 4 is 17.7 Å². The first-order valence-electron chi connectivity index (χ1n) is 5.68. The van der Waals surface area contributed by atoms with Crippen LogP contribution in [0.1, 0.15) is 19.0 Å². The number of aromatic nitrogens is 2. The summed E-state index contributed by atoms with van der Waals surface area (Å²) in [7, 11) is 1.77. The Morgan fingerprint density at radius 2 is 2.22 bits per heavy atom. The highest BCUT2D eigenvalue weighted by Gasteiger charge is 2.11. The van der Waals surface area contributed by atoms with Crippen LogP contribution in [-0.2, 0) is 11.8 Å². The van der Waals surface area contributed by atoms with Crippen molar-refractivity contribution in [2.24, 2.45) is 13.0 Å². The molecule has 0 bridgehead atoms. The van der Waals surface area contributed by atoms with Crippen LogP contribution in [0, 0.1) is 12.8 Å². The molecule has 0 saturated carbocycles. The zero-order valence-electron chi connectivity index (χ0n) is 10.7. The molecular formula is C11H18N4O3. The van der Waals surface area contributed by atoms with Gasteiger partial charge in [0.05, 0.1) is 17.3 Å². The summed E-state index contributed by atoms with van der Waals surface area (Å²) in [5.74, 6) is -1.33. The zero-order valence-corrected chi connectivity index (χ0v) is 10.7. The van der Waals surface area contributed by atoms with E-state index in [1.54, 1.807) is 31.8 Å². The van der Waals surface area contributed by atoms with Gasteiger partial charge in [-0.15, -0.1) is 0 Å². The van der Waals surface area contributed by atoms with Crippen LogP contribution in [0.15, 0.2) is 6.20 Å². The summed E-state index contributed by atoms with van der Waals surface area (Å²) in [6.07, 6.45) is 2.10. The van der Waals surface area contributed by atoms with Crippen molar-refractivity contribution in [1.29, 1.82) is 0 Å². The lowest BCUT2D eigenvalue weighted by molar-refractivity contribution is -0.141. The Kier molecular flexibility index (Phi) is 4.70. The van der Waals surface area contributed by atoms with Crippen molar-refractivity contribution in [2.45, 2.75) is 20.3 Å². The average Bonchev–Trinajstić information content (AvgIpc) is 2.57. The molecule has 1 unspecified atom stereocenters. The van der Waals surface area contributed by atoms with Crippen molar-refractivity contribution in [3.63, 3.8) is 0 Å². The van der Waals surface area contributed by atoms with Crippen LogP contribution in [0.2, 0.25) is 0 Å². The lowest BCUT2D eigenvalue weighted by atomic mass is 10.1. The third kappa shape index (κ3) is 4.08. The molecule has 0 fully saturated rings. The molecule has 0 aliphatic rings. The quantitative estimate of drug-likeness (QED) is 0.729. The summed E-state index contributed by atoms with van der Waals surface area (Å²) in [5, 5.41) is 18.0. The van der Waals surface area contributed by atoms with E-state index in [2.05, 4.69) is 15.7 Å². The summed E-state index contributed by atoms with van der Waals surface area (Å²) in [6.45, 7) is 3.72. The van der Waals surface area contributed by atoms with E-state index in [0.717, 1.165) is 5.69 Å². The standard InChI is InChI=1S/C11H18N4O3/c1-7(10(16)17)4-5-12-11(18)13-9-6-15(3)14-8(9)2/h6-7H,4-5H2,1-3H3,(H,16,17)(H2,12,13,18). The number of hydrogen-bond acceptors (Lipinski definition) is 3. The molecule has 0 spiro atoms. The maximum Gasteiger partial charge on any atom is 0.319 e. The van der Waals surface area contributed by atoms with Crippen molar-refractivity contribution in [3.05, 3.63) is 11.9 Å². The van der Waals surface area contributed by atoms with E-state index in [-0.39, 0.29) is 6.03 Å². The van der Waals surface area contributed by atoms with E-state index in [9.17, 15) is 9.59 Å². The third-order valence-electron chi connectivity index (χ3n) is 2.55. The molecule has 18 heavy (non-hydrogen) atoms. The third-order valence-corrected chi connectivity index (χ3v) is 2.55. The van der Waals surface area contributed by atoms with Gasteiger partial charge in [-0.1, -0.05) is 6.92 Å². The highest BCUT2D eigenvalue weighted by atomic mass is 16.4. The molecular weight excluding hydrogens is 236 g/mol. The number of hydrogen-bond donors (Lipinski definition) is 3. The van der Waals surface area contributed by atoms with Gasteiger partial charge in [0.2, 0.25) is 0 Å². The van der Waals surface area contributed by atoms with Gasteiger partial charge in [-0.3, -0.25) is 9.48 Å². The van der Waals surface area contributed by atoms with Crippen LogP contribution < -0.4 is 10.6 Å². The van der Waals surface area contributed by atoms with E-state index < -0.39 is 11.9 Å². The second-order valence-electron chi connectivity index (χ2n) is 4.21. The second kappa shape index (κ2) is 6.04. The Hall–Kier alpha value is -2.05. The topological polar surface area (TPSA) is 96.3 Å². The number of carboxylic acids is 1. The smallest absolute Gasteiger partial charge is 0.319 e. The first-order valence-corrected chi connectivity index (χ1v) is 5.68. The van der Waals surface area contributed by atoms with E-state index in [1.165, 1.54) is 0 Å². The van der Waals surface area contributed by atoms with E-state index in [4.69, 9.17) is 5.11 Å². The summed E-state index contributed by atoms with van der Waals surface area (Å²) in [4.78, 5) is 22.1. The van der Waals surface area contributed by atoms with Gasteiger partial charge in [-0.2, -0.15) is 5.10 Å². The number of carbonyl (C=O) groups is 2. The molecule has 0 radical (unpaired) electrons. The lowest BCUT2D eigenvalue weighted by Gasteiger charge is -2.08. The van der Waals surface area contributed by atoms with Crippen molar-refractivity contribution in [1.82, 2.24) is 15.1 Å². The molecule has 1 aromatic rings. The Morgan fingerprint density at radius 1 is 1.56 bits per heavy atom. The molecule has 1 aromatic heterocycles. The molecule has 100 valence electrons. The minimum atomic E-state index is -0.861. The fourth-order valence-electron chi connectivity index (χ4n) is 1.41. The highest BCUT2D eigenvalue weighted by Crippen LogP contribution is 2.10. The molecule has 0 aromatic carbocycles. The SMILES string of the molecule is Cc1nn(C)cc1NC(=O)NCCC(C)C(=O)O. The summed E-state index contributed by atoms with van der Waals surface area (Å²) >= 11 is 0. The van der Waals surface area contributed by atoms with Crippen molar-refractivity contribution in [2.75, 3.05) is 11.9 Å². The normalized spacial score (nSPS) is 11.9. The van der Waals surface area contributed by atoms with Gasteiger partial charge in [0.1, 0.15) is 0 Å². The van der Waals surface area contributed by atoms with Crippen molar-refractivity contribution in [3.8, 4) is 0 Å². The number of amides is 2. The Bertz CT molecular complexity index is 441. The minimum absolute atomic E-state index is 0.318. The molecule has 7 nitrogen and oxygen atoms in total. The van der Waals surface area contributed by atoms with Gasteiger partial charge in [-0.25, -0.2) is 4.79 Å². The molecule has 2 amide bonds. The number of nitrogens with zero attached hydrogens (tertiary/aromatic N) is 2. The molecule has 7 heteroatoms. The predicted molar refractivity (Wildman–Crippen MR) is 66.4 cm³/mol. The second-order valence-corrected chi connectivity index (χ2v) is 4.21. The maximum atomic E-state index is 11.5. The number of rotatable bonds is 5. The van der Waals surface area contributed by atoms with Gasteiger partial charge in [0.25, 0.3) is 0 Å². The van der Waals surface area contributed by atoms with Crippen LogP contribution in [0.4, 0.5) is 10.5 Å². The van der Waals surface area contributed by atoms with Crippen LogP contribution >= 0.6 is 0 Å². The van der Waals surface area contributed by atoms with E-state index >= 15 is 0 Å². The van der Waals surface area contributed by atoms with E-state index in [1.807, 2.05) is 0 Å². The summed E-state index contributed by atoms with van der Waals surface area (Å²) < 4.78 is 1.61. The van der Waals surface area contributed by atoms with Gasteiger partial charge >= 0.3 is 12.0 Å². The Morgan fingerprint density at radius 3 is 2.72 bits per heavy atom. The first-order chi connectivity index (χ1) is 8.40. The Labute approximate surface area is 105 Å². The number of urea groups is 1. The van der Waals surface area contributed by atoms with Gasteiger partial charge in [0, 0.05) is 19.8 Å². The van der Waals surface area contributed by atoms with Gasteiger partial charge in [0.15, 0.2) is 0 Å². The van der Waals surface area contributed by atoms with Gasteiger partial charge in [-0.05, 0) is 13.3 Å². The molecule has 1 rings (SSSR count). The average molecular weight is 254 g/mol. The summed E-state index contributed by atoms with van der Waals surface area (Å²) in [5.41, 5.74) is 1.37. The number of aliphatic carboxylic acids is 1. The van der Waals surface area contributed by atoms with Crippen LogP contribution in [-0.4, -0.2) is 33.4 Å². The molecule has 0 aliphatic heterocycles. The number of anilines is 1. The largest absolute Gasteiger partial charge is 0.481 e. The van der Waals surface area contributed by atoms with Crippen LogP contribution in [0.3, 0.4) is 0 Å². The maximum absolute atomic E-state index is 11.5. The summed E-state index contributed by atoms with van der Waals surface area (Å²) in [6, 6.07) is -0.358. The first kappa shape index (κ1) is 14.0. The fraction of sp³-hybridized carbons (Fsp3) is 0.545. The van der Waals surface area contributed by atoms with Crippen molar-refractivity contribution < 1.29 is 14.7 Å². The predicted octanol–water partition coefficient (Wildman–Crippen LogP) is 0.961. The molecule has 1 heterocycles. The fourth-order valence-corrected chi connectivity index (χ4v) is 1.41. The van der Waals surface area contributed by atoms with E-state index in [0.29, 0.717) is 18.7 Å². The lowest BCUT2D eigenvalue weighted by Crippen LogP contribution is -2.31. The Balaban J connectivity index is 2.34. The van der Waals surface area contributed by atoms with Crippen LogP contribution in [0.25, 0.3) is 0 Å². The number of aryl methyl sites for hydroxylation is 2. The molecule has 3 N–H and O–H groups in total. The zero-order chi connectivity index (χ0) is 13.7. The molecule has 0 saturated heterocycles. The van der Waals surface area contributed by atoms with Gasteiger partial charge < -0.3 is 15.7 Å². The number of nitrogens with one attached hydrogen (secondary N) is 2.